The lowest BCUT2D eigenvalue weighted by atomic mass is 9.33. The molecule has 10 atom stereocenters. The monoisotopic (exact) mass is 778 g/mol. The van der Waals surface area contributed by atoms with Crippen LogP contribution in [0, 0.1) is 57.2 Å². The van der Waals surface area contributed by atoms with Gasteiger partial charge in [-0.3, -0.25) is 4.90 Å². The molecule has 0 bridgehead atoms. The van der Waals surface area contributed by atoms with Crippen LogP contribution in [0.3, 0.4) is 0 Å². The SMILES string of the molecule is CC(CN1CCS(=O)(=O)CC1)[C@@H]1CC[C@]2(NCCN3CCOCC3)CC[C@]3(C)[C@H](CC[C@@H]4[C@@]5(C)CC=C(c6ccc(C(=O)O)cc6)C(C)(C)[C@@H]5CC[C@]43C)[C@@H]12. The molecule has 306 valence electrons. The zero-order chi connectivity index (χ0) is 39.0. The highest BCUT2D eigenvalue weighted by Gasteiger charge is 2.70. The molecule has 0 spiro atoms. The molecule has 6 fully saturated rings. The second kappa shape index (κ2) is 14.5. The Morgan fingerprint density at radius 1 is 0.873 bits per heavy atom. The van der Waals surface area contributed by atoms with Gasteiger partial charge >= 0.3 is 5.97 Å². The number of carbonyl (C=O) groups is 1. The zero-order valence-corrected chi connectivity index (χ0v) is 35.7. The molecule has 2 aliphatic heterocycles. The van der Waals surface area contributed by atoms with Gasteiger partial charge in [-0.05, 0) is 138 Å². The summed E-state index contributed by atoms with van der Waals surface area (Å²) in [6, 6.07) is 7.62. The van der Waals surface area contributed by atoms with Gasteiger partial charge in [-0.25, -0.2) is 13.2 Å². The van der Waals surface area contributed by atoms with Crippen molar-refractivity contribution >= 4 is 21.4 Å². The van der Waals surface area contributed by atoms with Crippen molar-refractivity contribution in [3.63, 3.8) is 0 Å². The van der Waals surface area contributed by atoms with E-state index in [1.54, 1.807) is 12.1 Å². The number of benzene rings is 1. The van der Waals surface area contributed by atoms with Crippen LogP contribution in [0.4, 0.5) is 0 Å². The maximum absolute atomic E-state index is 12.3. The number of ether oxygens (including phenoxy) is 1. The minimum Gasteiger partial charge on any atom is -0.478 e. The summed E-state index contributed by atoms with van der Waals surface area (Å²) in [4.78, 5) is 16.7. The summed E-state index contributed by atoms with van der Waals surface area (Å²) < 4.78 is 30.3. The van der Waals surface area contributed by atoms with Crippen molar-refractivity contribution in [2.24, 2.45) is 57.2 Å². The maximum Gasteiger partial charge on any atom is 0.335 e. The van der Waals surface area contributed by atoms with Crippen molar-refractivity contribution in [1.82, 2.24) is 15.1 Å². The minimum absolute atomic E-state index is 0.00269. The predicted octanol–water partition coefficient (Wildman–Crippen LogP) is 7.50. The lowest BCUT2D eigenvalue weighted by molar-refractivity contribution is -0.221. The molecule has 55 heavy (non-hydrogen) atoms. The van der Waals surface area contributed by atoms with Crippen LogP contribution in [0.1, 0.15) is 115 Å². The summed E-state index contributed by atoms with van der Waals surface area (Å²) in [7, 11) is -2.89. The average Bonchev–Trinajstić information content (AvgIpc) is 3.53. The number of carboxylic acids is 1. The molecule has 5 aliphatic carbocycles. The van der Waals surface area contributed by atoms with Crippen molar-refractivity contribution in [1.29, 1.82) is 0 Å². The second-order valence-corrected chi connectivity index (χ2v) is 23.1. The Morgan fingerprint density at radius 3 is 2.27 bits per heavy atom. The topological polar surface area (TPSA) is 99.2 Å². The average molecular weight is 778 g/mol. The lowest BCUT2D eigenvalue weighted by Crippen LogP contribution is -2.68. The molecule has 7 aliphatic rings. The standard InChI is InChI=1S/C46H71N3O5S/c1-32(31-49-25-29-55(52,53)30-26-49)35-13-18-46(47-21-22-48-23-27-54-28-24-48)20-19-44(5)37(40(35)46)11-12-39-43(4)16-14-36(33-7-9-34(10-8-33)41(50)51)42(2,3)38(43)15-17-45(39,44)6/h7-10,14,32,35,37-40,47H,11-13,15-31H2,1-6H3,(H,50,51)/t32?,35-,37+,38-,39+,40+,43-,44+,45+,46-/m0/s1. The van der Waals surface area contributed by atoms with E-state index < -0.39 is 15.8 Å². The number of nitrogens with one attached hydrogen (secondary N) is 1. The van der Waals surface area contributed by atoms with E-state index in [9.17, 15) is 18.3 Å². The van der Waals surface area contributed by atoms with Crippen LogP contribution in [0.2, 0.25) is 0 Å². The quantitative estimate of drug-likeness (QED) is 0.266. The van der Waals surface area contributed by atoms with E-state index in [1.165, 1.54) is 62.5 Å². The van der Waals surface area contributed by atoms with E-state index in [-0.39, 0.29) is 27.2 Å². The second-order valence-electron chi connectivity index (χ2n) is 20.8. The molecule has 8 nitrogen and oxygen atoms in total. The molecule has 1 aromatic carbocycles. The van der Waals surface area contributed by atoms with Gasteiger partial charge in [-0.1, -0.05) is 59.8 Å². The van der Waals surface area contributed by atoms with Gasteiger partial charge in [0.15, 0.2) is 9.84 Å². The molecule has 1 unspecified atom stereocenters. The number of sulfone groups is 1. The summed E-state index contributed by atoms with van der Waals surface area (Å²) >= 11 is 0. The number of nitrogens with zero attached hydrogens (tertiary/aromatic N) is 2. The van der Waals surface area contributed by atoms with Gasteiger partial charge in [0, 0.05) is 51.4 Å². The van der Waals surface area contributed by atoms with Crippen molar-refractivity contribution < 1.29 is 23.1 Å². The minimum atomic E-state index is -2.89. The van der Waals surface area contributed by atoms with Crippen LogP contribution in [-0.2, 0) is 14.6 Å². The van der Waals surface area contributed by atoms with Crippen molar-refractivity contribution in [2.45, 2.75) is 105 Å². The third kappa shape index (κ3) is 6.70. The van der Waals surface area contributed by atoms with Crippen molar-refractivity contribution in [3.05, 3.63) is 41.5 Å². The molecule has 1 aromatic rings. The Hall–Kier alpha value is -1.78. The van der Waals surface area contributed by atoms with Crippen LogP contribution in [-0.4, -0.2) is 105 Å². The summed E-state index contributed by atoms with van der Waals surface area (Å²) in [6.45, 7) is 23.9. The first kappa shape index (κ1) is 40.0. The fraction of sp³-hybridized carbons (Fsp3) is 0.804. The van der Waals surface area contributed by atoms with Crippen LogP contribution >= 0.6 is 0 Å². The van der Waals surface area contributed by atoms with E-state index in [1.807, 2.05) is 12.1 Å². The molecular formula is C46H71N3O5S. The smallest absolute Gasteiger partial charge is 0.335 e. The van der Waals surface area contributed by atoms with Gasteiger partial charge < -0.3 is 20.1 Å². The van der Waals surface area contributed by atoms with Crippen molar-refractivity contribution in [3.8, 4) is 0 Å². The van der Waals surface area contributed by atoms with E-state index in [0.29, 0.717) is 65.7 Å². The number of hydrogen-bond donors (Lipinski definition) is 2. The number of rotatable bonds is 9. The number of morpholine rings is 1. The number of hydrogen-bond acceptors (Lipinski definition) is 7. The predicted molar refractivity (Wildman–Crippen MR) is 221 cm³/mol. The Balaban J connectivity index is 1.07. The molecular weight excluding hydrogens is 707 g/mol. The van der Waals surface area contributed by atoms with Gasteiger partial charge in [0.2, 0.25) is 0 Å². The van der Waals surface area contributed by atoms with Gasteiger partial charge in [0.05, 0.1) is 30.3 Å². The van der Waals surface area contributed by atoms with Crippen molar-refractivity contribution in [2.75, 3.05) is 70.5 Å². The number of aromatic carboxylic acids is 1. The van der Waals surface area contributed by atoms with Crippen LogP contribution in [0.25, 0.3) is 5.57 Å². The third-order valence-electron chi connectivity index (χ3n) is 18.2. The summed E-state index contributed by atoms with van der Waals surface area (Å²) in [6.07, 6.45) is 13.9. The molecule has 9 heteroatoms. The summed E-state index contributed by atoms with van der Waals surface area (Å²) in [5, 5.41) is 13.9. The lowest BCUT2D eigenvalue weighted by Gasteiger charge is -2.72. The van der Waals surface area contributed by atoms with Crippen LogP contribution in [0.5, 0.6) is 0 Å². The largest absolute Gasteiger partial charge is 0.478 e. The van der Waals surface area contributed by atoms with Gasteiger partial charge in [-0.2, -0.15) is 0 Å². The number of allylic oxidation sites excluding steroid dienone is 2. The van der Waals surface area contributed by atoms with E-state index in [4.69, 9.17) is 4.74 Å². The molecule has 2 heterocycles. The molecule has 2 N–H and O–H groups in total. The first-order valence-corrected chi connectivity index (χ1v) is 23.9. The first-order chi connectivity index (χ1) is 26.0. The molecule has 4 saturated carbocycles. The van der Waals surface area contributed by atoms with E-state index in [0.717, 1.165) is 52.4 Å². The normalized spacial score (nSPS) is 41.9. The van der Waals surface area contributed by atoms with Gasteiger partial charge in [0.1, 0.15) is 0 Å². The first-order valence-electron chi connectivity index (χ1n) is 22.1. The highest BCUT2D eigenvalue weighted by molar-refractivity contribution is 7.91. The maximum atomic E-state index is 12.3. The zero-order valence-electron chi connectivity index (χ0n) is 34.9. The molecule has 8 rings (SSSR count). The van der Waals surface area contributed by atoms with Crippen LogP contribution in [0.15, 0.2) is 30.3 Å². The molecule has 0 radical (unpaired) electrons. The number of carboxylic acid groups (broad SMARTS) is 1. The number of fused-ring (bicyclic) bond motifs is 7. The van der Waals surface area contributed by atoms with Gasteiger partial charge in [0.25, 0.3) is 0 Å². The highest BCUT2D eigenvalue weighted by atomic mass is 32.2. The molecule has 2 saturated heterocycles. The fourth-order valence-electron chi connectivity index (χ4n) is 15.2. The fourth-order valence-corrected chi connectivity index (χ4v) is 16.5. The van der Waals surface area contributed by atoms with E-state index in [2.05, 4.69) is 62.7 Å². The third-order valence-corrected chi connectivity index (χ3v) is 19.8. The van der Waals surface area contributed by atoms with E-state index >= 15 is 0 Å². The molecule has 0 aromatic heterocycles. The van der Waals surface area contributed by atoms with Crippen LogP contribution < -0.4 is 5.32 Å². The molecule has 0 amide bonds. The Kier molecular flexibility index (Phi) is 10.5. The van der Waals surface area contributed by atoms with Gasteiger partial charge in [-0.15, -0.1) is 0 Å². The summed E-state index contributed by atoms with van der Waals surface area (Å²) in [5.74, 6) is 3.52. The Bertz CT molecular complexity index is 1730. The Morgan fingerprint density at radius 2 is 1.58 bits per heavy atom. The summed E-state index contributed by atoms with van der Waals surface area (Å²) in [5.41, 5.74) is 3.88. The Labute approximate surface area is 332 Å². The highest BCUT2D eigenvalue weighted by Crippen LogP contribution is 2.76.